The van der Waals surface area contributed by atoms with Gasteiger partial charge in [0.05, 0.1) is 4.90 Å². The Labute approximate surface area is 198 Å². The van der Waals surface area contributed by atoms with Crippen molar-refractivity contribution in [2.75, 3.05) is 6.26 Å². The summed E-state index contributed by atoms with van der Waals surface area (Å²) in [5.74, 6) is 0.862. The Morgan fingerprint density at radius 1 is 1.12 bits per heavy atom. The Morgan fingerprint density at radius 2 is 1.88 bits per heavy atom. The number of pyridine rings is 1. The fourth-order valence-corrected chi connectivity index (χ4v) is 4.75. The molecule has 5 rings (SSSR count). The Kier molecular flexibility index (Phi) is 5.65. The van der Waals surface area contributed by atoms with E-state index in [1.807, 2.05) is 12.2 Å². The van der Waals surface area contributed by atoms with Crippen molar-refractivity contribution < 1.29 is 13.2 Å². The topological polar surface area (TPSA) is 107 Å². The van der Waals surface area contributed by atoms with Gasteiger partial charge in [-0.2, -0.15) is 0 Å². The van der Waals surface area contributed by atoms with Crippen molar-refractivity contribution in [3.05, 3.63) is 84.4 Å². The van der Waals surface area contributed by atoms with Gasteiger partial charge in [0.2, 0.25) is 0 Å². The Bertz CT molecular complexity index is 1400. The minimum absolute atomic E-state index is 0.0241. The van der Waals surface area contributed by atoms with Crippen LogP contribution in [0.25, 0.3) is 11.1 Å². The molecule has 2 aliphatic rings. The van der Waals surface area contributed by atoms with Crippen LogP contribution in [0.4, 0.5) is 0 Å². The van der Waals surface area contributed by atoms with Crippen molar-refractivity contribution in [3.63, 3.8) is 0 Å². The van der Waals surface area contributed by atoms with E-state index in [-0.39, 0.29) is 28.3 Å². The summed E-state index contributed by atoms with van der Waals surface area (Å²) < 4.78 is 25.6. The number of aromatic nitrogens is 4. The molecule has 9 heteroatoms. The monoisotopic (exact) mass is 475 g/mol. The number of nitrogens with zero attached hydrogens (tertiary/aromatic N) is 4. The fraction of sp³-hybridized carbons (Fsp3) is 0.280. The van der Waals surface area contributed by atoms with E-state index in [1.165, 1.54) is 6.26 Å². The van der Waals surface area contributed by atoms with Crippen molar-refractivity contribution in [2.24, 2.45) is 5.92 Å². The summed E-state index contributed by atoms with van der Waals surface area (Å²) in [5, 5.41) is 11.4. The Hall–Kier alpha value is -3.59. The van der Waals surface area contributed by atoms with Crippen molar-refractivity contribution in [1.29, 1.82) is 0 Å². The summed E-state index contributed by atoms with van der Waals surface area (Å²) in [4.78, 5) is 17.5. The normalized spacial score (nSPS) is 20.1. The lowest BCUT2D eigenvalue weighted by atomic mass is 9.88. The fourth-order valence-electron chi connectivity index (χ4n) is 4.12. The molecule has 1 fully saturated rings. The van der Waals surface area contributed by atoms with Crippen LogP contribution in [0.15, 0.2) is 77.7 Å². The zero-order chi connectivity index (χ0) is 23.9. The molecule has 0 saturated heterocycles. The average Bonchev–Trinajstić information content (AvgIpc) is 3.56. The number of carbonyl (C=O) groups excluding carboxylic acids is 1. The standard InChI is InChI=1S/C25H25N5O3S/c1-16-3-6-19(14-22(16)24-29-27-15-30(24)20-7-8-20)28-25(31)23-13-18(11-12-26-23)17-4-9-21(10-5-17)34(2,32)33/h3-6,9-16,20,22H,7-8H2,1-2H3,(H,28,31). The molecule has 0 bridgehead atoms. The Balaban J connectivity index is 1.35. The SMILES string of the molecule is CC1C=CC(NC(=O)c2cc(-c3ccc(S(C)(=O)=O)cc3)ccn2)=CC1c1nncn1C1CC1. The zero-order valence-electron chi connectivity index (χ0n) is 18.9. The number of sulfone groups is 1. The maximum Gasteiger partial charge on any atom is 0.274 e. The molecule has 0 radical (unpaired) electrons. The van der Waals surface area contributed by atoms with Crippen molar-refractivity contribution in [2.45, 2.75) is 36.6 Å². The van der Waals surface area contributed by atoms with Crippen LogP contribution < -0.4 is 5.32 Å². The lowest BCUT2D eigenvalue weighted by Gasteiger charge is -2.23. The molecule has 0 aliphatic heterocycles. The first-order valence-electron chi connectivity index (χ1n) is 11.2. The largest absolute Gasteiger partial charge is 0.321 e. The van der Waals surface area contributed by atoms with Crippen molar-refractivity contribution >= 4 is 15.7 Å². The first-order valence-corrected chi connectivity index (χ1v) is 13.1. The van der Waals surface area contributed by atoms with Gasteiger partial charge in [0, 0.05) is 30.1 Å². The second kappa shape index (κ2) is 8.64. The first kappa shape index (κ1) is 22.2. The number of carbonyl (C=O) groups is 1. The predicted octanol–water partition coefficient (Wildman–Crippen LogP) is 3.68. The first-order chi connectivity index (χ1) is 16.3. The zero-order valence-corrected chi connectivity index (χ0v) is 19.7. The molecule has 1 saturated carbocycles. The summed E-state index contributed by atoms with van der Waals surface area (Å²) in [7, 11) is -3.27. The highest BCUT2D eigenvalue weighted by atomic mass is 32.2. The minimum Gasteiger partial charge on any atom is -0.321 e. The molecule has 0 spiro atoms. The molecule has 2 aromatic heterocycles. The van der Waals surface area contributed by atoms with Crippen molar-refractivity contribution in [3.8, 4) is 11.1 Å². The van der Waals surface area contributed by atoms with E-state index >= 15 is 0 Å². The maximum atomic E-state index is 13.0. The molecule has 1 aromatic carbocycles. The molecule has 174 valence electrons. The number of hydrogen-bond donors (Lipinski definition) is 1. The number of rotatable bonds is 6. The van der Waals surface area contributed by atoms with E-state index in [9.17, 15) is 13.2 Å². The number of benzene rings is 1. The van der Waals surface area contributed by atoms with Crippen LogP contribution in [0.3, 0.4) is 0 Å². The lowest BCUT2D eigenvalue weighted by molar-refractivity contribution is 0.0962. The summed E-state index contributed by atoms with van der Waals surface area (Å²) in [5.41, 5.74) is 2.55. The molecule has 2 aliphatic carbocycles. The van der Waals surface area contributed by atoms with Gasteiger partial charge in [-0.3, -0.25) is 9.78 Å². The highest BCUT2D eigenvalue weighted by Crippen LogP contribution is 2.39. The highest BCUT2D eigenvalue weighted by molar-refractivity contribution is 7.90. The third-order valence-corrected chi connectivity index (χ3v) is 7.34. The molecule has 2 unspecified atom stereocenters. The summed E-state index contributed by atoms with van der Waals surface area (Å²) in [6.45, 7) is 2.13. The third-order valence-electron chi connectivity index (χ3n) is 6.21. The molecular weight excluding hydrogens is 450 g/mol. The molecule has 3 aromatic rings. The summed E-state index contributed by atoms with van der Waals surface area (Å²) >= 11 is 0. The van der Waals surface area contributed by atoms with Crippen LogP contribution >= 0.6 is 0 Å². The number of nitrogens with one attached hydrogen (secondary N) is 1. The van der Waals surface area contributed by atoms with Gasteiger partial charge in [-0.25, -0.2) is 8.42 Å². The summed E-state index contributed by atoms with van der Waals surface area (Å²) in [6, 6.07) is 10.5. The van der Waals surface area contributed by atoms with Gasteiger partial charge in [-0.15, -0.1) is 10.2 Å². The van der Waals surface area contributed by atoms with Crippen molar-refractivity contribution in [1.82, 2.24) is 25.1 Å². The second-order valence-corrected chi connectivity index (χ2v) is 10.9. The van der Waals surface area contributed by atoms with Crippen LogP contribution in [0, 0.1) is 5.92 Å². The summed E-state index contributed by atoms with van der Waals surface area (Å²) in [6.07, 6.45) is 12.8. The smallest absolute Gasteiger partial charge is 0.274 e. The molecule has 8 nitrogen and oxygen atoms in total. The molecule has 34 heavy (non-hydrogen) atoms. The van der Waals surface area contributed by atoms with Gasteiger partial charge in [-0.1, -0.05) is 25.1 Å². The molecule has 1 N–H and O–H groups in total. The lowest BCUT2D eigenvalue weighted by Crippen LogP contribution is -2.26. The minimum atomic E-state index is -3.27. The maximum absolute atomic E-state index is 13.0. The van der Waals surface area contributed by atoms with E-state index < -0.39 is 9.84 Å². The van der Waals surface area contributed by atoms with E-state index in [4.69, 9.17) is 0 Å². The van der Waals surface area contributed by atoms with E-state index in [2.05, 4.69) is 38.1 Å². The van der Waals surface area contributed by atoms with E-state index in [0.29, 0.717) is 11.7 Å². The van der Waals surface area contributed by atoms with Crippen LogP contribution in [0.2, 0.25) is 0 Å². The number of allylic oxidation sites excluding steroid dienone is 3. The quantitative estimate of drug-likeness (QED) is 0.583. The number of hydrogen-bond acceptors (Lipinski definition) is 6. The predicted molar refractivity (Wildman–Crippen MR) is 128 cm³/mol. The van der Waals surface area contributed by atoms with Gasteiger partial charge in [-0.05, 0) is 66.3 Å². The van der Waals surface area contributed by atoms with Gasteiger partial charge >= 0.3 is 0 Å². The molecule has 2 heterocycles. The van der Waals surface area contributed by atoms with Gasteiger partial charge in [0.15, 0.2) is 9.84 Å². The van der Waals surface area contributed by atoms with E-state index in [0.717, 1.165) is 29.8 Å². The van der Waals surface area contributed by atoms with Gasteiger partial charge in [0.25, 0.3) is 5.91 Å². The van der Waals surface area contributed by atoms with Crippen LogP contribution in [0.5, 0.6) is 0 Å². The highest BCUT2D eigenvalue weighted by Gasteiger charge is 2.31. The van der Waals surface area contributed by atoms with Crippen LogP contribution in [-0.4, -0.2) is 40.3 Å². The van der Waals surface area contributed by atoms with Gasteiger partial charge in [0.1, 0.15) is 17.8 Å². The third kappa shape index (κ3) is 4.56. The molecule has 2 atom stereocenters. The van der Waals surface area contributed by atoms with E-state index in [1.54, 1.807) is 48.9 Å². The van der Waals surface area contributed by atoms with Gasteiger partial charge < -0.3 is 9.88 Å². The van der Waals surface area contributed by atoms with Crippen LogP contribution in [-0.2, 0) is 9.84 Å². The Morgan fingerprint density at radius 3 is 2.59 bits per heavy atom. The average molecular weight is 476 g/mol. The molecule has 1 amide bonds. The van der Waals surface area contributed by atoms with Crippen LogP contribution in [0.1, 0.15) is 48.0 Å². The second-order valence-electron chi connectivity index (χ2n) is 8.87. The number of amides is 1. The molecular formula is C25H25N5O3S.